The average molecular weight is 342 g/mol. The maximum Gasteiger partial charge on any atom is 0.205 e. The summed E-state index contributed by atoms with van der Waals surface area (Å²) >= 11 is 3.53. The smallest absolute Gasteiger partial charge is 0.205 e. The minimum absolute atomic E-state index is 0.721. The fourth-order valence-corrected chi connectivity index (χ4v) is 3.04. The van der Waals surface area contributed by atoms with Crippen LogP contribution in [0, 0.1) is 20.8 Å². The van der Waals surface area contributed by atoms with Crippen molar-refractivity contribution in [3.05, 3.63) is 63.9 Å². The molecule has 4 heteroatoms. The quantitative estimate of drug-likeness (QED) is 0.680. The number of hydrogen-bond donors (Lipinski definition) is 0. The second kappa shape index (κ2) is 5.45. The average Bonchev–Trinajstić information content (AvgIpc) is 2.81. The Balaban J connectivity index is 2.31. The van der Waals surface area contributed by atoms with Gasteiger partial charge < -0.3 is 0 Å². The Bertz CT molecular complexity index is 785. The lowest BCUT2D eigenvalue weighted by Crippen LogP contribution is -2.03. The highest BCUT2D eigenvalue weighted by Crippen LogP contribution is 2.30. The van der Waals surface area contributed by atoms with Crippen LogP contribution in [0.1, 0.15) is 16.7 Å². The van der Waals surface area contributed by atoms with Gasteiger partial charge >= 0.3 is 0 Å². The Hall–Kier alpha value is -1.94. The van der Waals surface area contributed by atoms with Crippen LogP contribution in [-0.4, -0.2) is 14.8 Å². The van der Waals surface area contributed by atoms with E-state index in [0.29, 0.717) is 0 Å². The van der Waals surface area contributed by atoms with Gasteiger partial charge in [0.2, 0.25) is 4.73 Å². The standard InChI is InChI=1S/C17H16BrN3/c1-11-7-4-5-10-14(11)16-19-20-17(18)21(16)15-12(2)8-6-9-13(15)3/h4-10H,1-3H3. The highest BCUT2D eigenvalue weighted by molar-refractivity contribution is 9.10. The van der Waals surface area contributed by atoms with Crippen LogP contribution in [-0.2, 0) is 0 Å². The number of halogens is 1. The first-order chi connectivity index (χ1) is 10.1. The lowest BCUT2D eigenvalue weighted by molar-refractivity contribution is 0.990. The van der Waals surface area contributed by atoms with Crippen molar-refractivity contribution >= 4 is 15.9 Å². The molecule has 0 bridgehead atoms. The summed E-state index contributed by atoms with van der Waals surface area (Å²) in [6.07, 6.45) is 0. The molecule has 0 spiro atoms. The lowest BCUT2D eigenvalue weighted by atomic mass is 10.1. The molecular weight excluding hydrogens is 326 g/mol. The molecule has 1 heterocycles. The highest BCUT2D eigenvalue weighted by Gasteiger charge is 2.17. The van der Waals surface area contributed by atoms with Crippen molar-refractivity contribution in [2.24, 2.45) is 0 Å². The molecule has 0 unspecified atom stereocenters. The Morgan fingerprint density at radius 2 is 1.43 bits per heavy atom. The third-order valence-corrected chi connectivity index (χ3v) is 4.19. The van der Waals surface area contributed by atoms with Gasteiger partial charge in [-0.2, -0.15) is 0 Å². The predicted molar refractivity (Wildman–Crippen MR) is 88.7 cm³/mol. The first-order valence-corrected chi connectivity index (χ1v) is 7.62. The van der Waals surface area contributed by atoms with Gasteiger partial charge in [0.25, 0.3) is 0 Å². The van der Waals surface area contributed by atoms with Gasteiger partial charge in [0.05, 0.1) is 5.69 Å². The number of aromatic nitrogens is 3. The van der Waals surface area contributed by atoms with Crippen LogP contribution in [0.3, 0.4) is 0 Å². The second-order valence-electron chi connectivity index (χ2n) is 5.18. The largest absolute Gasteiger partial charge is 0.269 e. The molecule has 0 aliphatic rings. The van der Waals surface area contributed by atoms with Gasteiger partial charge in [0.15, 0.2) is 5.82 Å². The van der Waals surface area contributed by atoms with Gasteiger partial charge in [-0.3, -0.25) is 4.57 Å². The molecule has 3 nitrogen and oxygen atoms in total. The van der Waals surface area contributed by atoms with Crippen LogP contribution in [0.5, 0.6) is 0 Å². The lowest BCUT2D eigenvalue weighted by Gasteiger charge is -2.14. The SMILES string of the molecule is Cc1ccccc1-c1nnc(Br)n1-c1c(C)cccc1C. The molecule has 3 aromatic rings. The summed E-state index contributed by atoms with van der Waals surface area (Å²) in [4.78, 5) is 0. The van der Waals surface area contributed by atoms with Crippen LogP contribution in [0.4, 0.5) is 0 Å². The van der Waals surface area contributed by atoms with E-state index in [1.165, 1.54) is 16.7 Å². The minimum atomic E-state index is 0.721. The van der Waals surface area contributed by atoms with Crippen LogP contribution < -0.4 is 0 Å². The summed E-state index contributed by atoms with van der Waals surface area (Å²) < 4.78 is 2.80. The zero-order valence-corrected chi connectivity index (χ0v) is 13.8. The number of aryl methyl sites for hydroxylation is 3. The molecule has 0 saturated carbocycles. The molecule has 0 fully saturated rings. The summed E-state index contributed by atoms with van der Waals surface area (Å²) in [5.74, 6) is 0.859. The van der Waals surface area contributed by atoms with Gasteiger partial charge in [-0.05, 0) is 53.4 Å². The van der Waals surface area contributed by atoms with E-state index in [4.69, 9.17) is 0 Å². The van der Waals surface area contributed by atoms with E-state index in [0.717, 1.165) is 21.8 Å². The molecule has 3 rings (SSSR count). The third kappa shape index (κ3) is 2.40. The molecule has 0 aliphatic heterocycles. The summed E-state index contributed by atoms with van der Waals surface area (Å²) in [7, 11) is 0. The van der Waals surface area contributed by atoms with Crippen molar-refractivity contribution in [2.75, 3.05) is 0 Å². The van der Waals surface area contributed by atoms with E-state index in [-0.39, 0.29) is 0 Å². The Morgan fingerprint density at radius 3 is 2.10 bits per heavy atom. The van der Waals surface area contributed by atoms with Crippen LogP contribution in [0.25, 0.3) is 17.1 Å². The third-order valence-electron chi connectivity index (χ3n) is 3.67. The summed E-state index contributed by atoms with van der Waals surface area (Å²) in [6.45, 7) is 6.31. The molecule has 21 heavy (non-hydrogen) atoms. The Kier molecular flexibility index (Phi) is 3.64. The Labute approximate surface area is 132 Å². The zero-order valence-electron chi connectivity index (χ0n) is 12.3. The molecule has 0 N–H and O–H groups in total. The molecule has 0 saturated heterocycles. The number of benzene rings is 2. The molecule has 0 aliphatic carbocycles. The Morgan fingerprint density at radius 1 is 0.810 bits per heavy atom. The van der Waals surface area contributed by atoms with Gasteiger partial charge in [0, 0.05) is 5.56 Å². The molecular formula is C17H16BrN3. The number of hydrogen-bond acceptors (Lipinski definition) is 2. The van der Waals surface area contributed by atoms with E-state index < -0.39 is 0 Å². The van der Waals surface area contributed by atoms with E-state index in [9.17, 15) is 0 Å². The predicted octanol–water partition coefficient (Wildman–Crippen LogP) is 4.62. The molecule has 1 aromatic heterocycles. The van der Waals surface area contributed by atoms with Gasteiger partial charge in [-0.15, -0.1) is 10.2 Å². The van der Waals surface area contributed by atoms with Crippen molar-refractivity contribution in [2.45, 2.75) is 20.8 Å². The van der Waals surface area contributed by atoms with Crippen LogP contribution in [0.15, 0.2) is 47.2 Å². The van der Waals surface area contributed by atoms with Crippen molar-refractivity contribution < 1.29 is 0 Å². The zero-order chi connectivity index (χ0) is 15.0. The minimum Gasteiger partial charge on any atom is -0.269 e. The van der Waals surface area contributed by atoms with Crippen molar-refractivity contribution in [1.29, 1.82) is 0 Å². The second-order valence-corrected chi connectivity index (χ2v) is 5.89. The topological polar surface area (TPSA) is 30.7 Å². The summed E-state index contributed by atoms with van der Waals surface area (Å²) in [5.41, 5.74) is 5.81. The molecule has 0 amide bonds. The molecule has 0 radical (unpaired) electrons. The maximum atomic E-state index is 4.37. The number of para-hydroxylation sites is 1. The number of nitrogens with zero attached hydrogens (tertiary/aromatic N) is 3. The normalized spacial score (nSPS) is 10.9. The fourth-order valence-electron chi connectivity index (χ4n) is 2.62. The van der Waals surface area contributed by atoms with Crippen molar-refractivity contribution in [3.8, 4) is 17.1 Å². The fraction of sp³-hybridized carbons (Fsp3) is 0.176. The van der Waals surface area contributed by atoms with E-state index in [1.807, 2.05) is 12.1 Å². The highest BCUT2D eigenvalue weighted by atomic mass is 79.9. The number of rotatable bonds is 2. The molecule has 106 valence electrons. The van der Waals surface area contributed by atoms with E-state index in [2.05, 4.69) is 81.8 Å². The van der Waals surface area contributed by atoms with Gasteiger partial charge in [0.1, 0.15) is 0 Å². The van der Waals surface area contributed by atoms with Gasteiger partial charge in [-0.1, -0.05) is 42.5 Å². The van der Waals surface area contributed by atoms with E-state index in [1.54, 1.807) is 0 Å². The summed E-state index contributed by atoms with van der Waals surface area (Å²) in [5, 5.41) is 8.59. The first-order valence-electron chi connectivity index (χ1n) is 6.83. The first kappa shape index (κ1) is 14.0. The monoisotopic (exact) mass is 341 g/mol. The van der Waals surface area contributed by atoms with Gasteiger partial charge in [-0.25, -0.2) is 0 Å². The van der Waals surface area contributed by atoms with Crippen molar-refractivity contribution in [1.82, 2.24) is 14.8 Å². The maximum absolute atomic E-state index is 4.37. The van der Waals surface area contributed by atoms with Crippen molar-refractivity contribution in [3.63, 3.8) is 0 Å². The van der Waals surface area contributed by atoms with Crippen LogP contribution in [0.2, 0.25) is 0 Å². The molecule has 0 atom stereocenters. The van der Waals surface area contributed by atoms with E-state index >= 15 is 0 Å². The van der Waals surface area contributed by atoms with Crippen LogP contribution >= 0.6 is 15.9 Å². The molecule has 2 aromatic carbocycles. The summed E-state index contributed by atoms with van der Waals surface area (Å²) in [6, 6.07) is 14.5.